The molecule has 0 aliphatic rings. The van der Waals surface area contributed by atoms with Gasteiger partial charge in [0.2, 0.25) is 0 Å². The number of halogens is 2. The Labute approximate surface area is 132 Å². The highest BCUT2D eigenvalue weighted by atomic mass is 35.5. The maximum absolute atomic E-state index is 5.99. The summed E-state index contributed by atoms with van der Waals surface area (Å²) in [5.41, 5.74) is 1.18. The second-order valence-corrected chi connectivity index (χ2v) is 5.82. The lowest BCUT2D eigenvalue weighted by Crippen LogP contribution is -2.00. The number of aromatic nitrogens is 2. The van der Waals surface area contributed by atoms with Gasteiger partial charge in [-0.1, -0.05) is 35.3 Å². The number of thioether (sulfide) groups is 1. The summed E-state index contributed by atoms with van der Waals surface area (Å²) in [6.45, 7) is 2.94. The molecule has 6 heteroatoms. The predicted molar refractivity (Wildman–Crippen MR) is 83.4 cm³/mol. The van der Waals surface area contributed by atoms with E-state index in [0.717, 1.165) is 15.8 Å². The van der Waals surface area contributed by atoms with Crippen molar-refractivity contribution in [3.05, 3.63) is 51.9 Å². The zero-order valence-electron chi connectivity index (χ0n) is 11.0. The van der Waals surface area contributed by atoms with Gasteiger partial charge in [0.15, 0.2) is 5.82 Å². The van der Waals surface area contributed by atoms with Crippen molar-refractivity contribution in [3.8, 4) is 0 Å². The normalized spacial score (nSPS) is 10.8. The molecule has 20 heavy (non-hydrogen) atoms. The Morgan fingerprint density at radius 1 is 1.15 bits per heavy atom. The molecule has 0 saturated carbocycles. The first-order valence-corrected chi connectivity index (χ1v) is 7.90. The lowest BCUT2D eigenvalue weighted by molar-refractivity contribution is 0.128. The van der Waals surface area contributed by atoms with Gasteiger partial charge < -0.3 is 4.74 Å². The molecule has 0 saturated heterocycles. The van der Waals surface area contributed by atoms with Crippen LogP contribution < -0.4 is 0 Å². The number of nitrogens with zero attached hydrogens (tertiary/aromatic N) is 2. The minimum Gasteiger partial charge on any atom is -0.374 e. The molecule has 2 aromatic rings. The zero-order chi connectivity index (χ0) is 14.4. The van der Waals surface area contributed by atoms with Crippen LogP contribution in [-0.2, 0) is 17.1 Å². The fourth-order valence-corrected chi connectivity index (χ4v) is 2.78. The van der Waals surface area contributed by atoms with Crippen LogP contribution in [0.25, 0.3) is 0 Å². The largest absolute Gasteiger partial charge is 0.374 e. The molecule has 1 aromatic heterocycles. The van der Waals surface area contributed by atoms with Crippen molar-refractivity contribution in [2.75, 3.05) is 6.61 Å². The van der Waals surface area contributed by atoms with Crippen LogP contribution in [0.15, 0.2) is 35.4 Å². The maximum atomic E-state index is 5.99. The van der Waals surface area contributed by atoms with Gasteiger partial charge in [-0.25, -0.2) is 9.97 Å². The zero-order valence-corrected chi connectivity index (χ0v) is 13.3. The lowest BCUT2D eigenvalue weighted by Gasteiger charge is -2.05. The van der Waals surface area contributed by atoms with Gasteiger partial charge in [-0.3, -0.25) is 0 Å². The summed E-state index contributed by atoms with van der Waals surface area (Å²) in [6, 6.07) is 9.52. The van der Waals surface area contributed by atoms with Gasteiger partial charge in [0.1, 0.15) is 16.8 Å². The molecule has 0 bridgehead atoms. The van der Waals surface area contributed by atoms with Crippen LogP contribution >= 0.6 is 35.0 Å². The topological polar surface area (TPSA) is 35.0 Å². The molecule has 1 aromatic carbocycles. The number of hydrogen-bond donors (Lipinski definition) is 0. The molecule has 0 fully saturated rings. The summed E-state index contributed by atoms with van der Waals surface area (Å²) in [6.07, 6.45) is 0. The minimum atomic E-state index is 0.381. The van der Waals surface area contributed by atoms with Crippen LogP contribution in [0.5, 0.6) is 0 Å². The van der Waals surface area contributed by atoms with Crippen LogP contribution in [0.1, 0.15) is 18.3 Å². The number of rotatable bonds is 6. The monoisotopic (exact) mass is 328 g/mol. The molecule has 1 heterocycles. The quantitative estimate of drug-likeness (QED) is 0.572. The molecule has 0 N–H and O–H groups in total. The van der Waals surface area contributed by atoms with E-state index < -0.39 is 0 Å². The Kier molecular flexibility index (Phi) is 6.10. The van der Waals surface area contributed by atoms with E-state index in [-0.39, 0.29) is 0 Å². The predicted octanol–water partition coefficient (Wildman–Crippen LogP) is 4.61. The minimum absolute atomic E-state index is 0.381. The van der Waals surface area contributed by atoms with E-state index in [9.17, 15) is 0 Å². The van der Waals surface area contributed by atoms with E-state index >= 15 is 0 Å². The van der Waals surface area contributed by atoms with Gasteiger partial charge >= 0.3 is 0 Å². The van der Waals surface area contributed by atoms with E-state index in [1.54, 1.807) is 17.8 Å². The van der Waals surface area contributed by atoms with Gasteiger partial charge in [-0.15, -0.1) is 11.8 Å². The number of benzene rings is 1. The van der Waals surface area contributed by atoms with E-state index in [0.29, 0.717) is 24.2 Å². The van der Waals surface area contributed by atoms with Crippen molar-refractivity contribution in [2.45, 2.75) is 24.3 Å². The Morgan fingerprint density at radius 2 is 1.90 bits per heavy atom. The average Bonchev–Trinajstić information content (AvgIpc) is 2.44. The third-order valence-corrected chi connectivity index (χ3v) is 3.88. The van der Waals surface area contributed by atoms with Gasteiger partial charge in [-0.2, -0.15) is 0 Å². The van der Waals surface area contributed by atoms with Crippen molar-refractivity contribution in [3.63, 3.8) is 0 Å². The fraction of sp³-hybridized carbons (Fsp3) is 0.286. The van der Waals surface area contributed by atoms with Crippen LogP contribution in [0.4, 0.5) is 0 Å². The SMILES string of the molecule is CCOCc1nc(Cl)cc(SCc2ccc(Cl)cc2)n1. The summed E-state index contributed by atoms with van der Waals surface area (Å²) in [5, 5.41) is 2.02. The van der Waals surface area contributed by atoms with E-state index in [1.807, 2.05) is 31.2 Å². The highest BCUT2D eigenvalue weighted by Crippen LogP contribution is 2.24. The first kappa shape index (κ1) is 15.6. The molecule has 0 unspecified atom stereocenters. The Hall–Kier alpha value is -0.810. The van der Waals surface area contributed by atoms with Crippen LogP contribution in [0.3, 0.4) is 0 Å². The van der Waals surface area contributed by atoms with E-state index in [1.165, 1.54) is 5.56 Å². The first-order chi connectivity index (χ1) is 9.67. The molecule has 0 amide bonds. The van der Waals surface area contributed by atoms with Gasteiger partial charge in [0.25, 0.3) is 0 Å². The molecule has 0 aliphatic heterocycles. The molecular weight excluding hydrogens is 315 g/mol. The Bertz CT molecular complexity index is 564. The molecule has 3 nitrogen and oxygen atoms in total. The van der Waals surface area contributed by atoms with Crippen LogP contribution in [0.2, 0.25) is 10.2 Å². The summed E-state index contributed by atoms with van der Waals surface area (Å²) in [7, 11) is 0. The van der Waals surface area contributed by atoms with Crippen molar-refractivity contribution in [1.29, 1.82) is 0 Å². The highest BCUT2D eigenvalue weighted by molar-refractivity contribution is 7.98. The summed E-state index contributed by atoms with van der Waals surface area (Å²) in [5.74, 6) is 1.41. The summed E-state index contributed by atoms with van der Waals surface area (Å²) >= 11 is 13.5. The molecule has 0 radical (unpaired) electrons. The Morgan fingerprint density at radius 3 is 2.60 bits per heavy atom. The maximum Gasteiger partial charge on any atom is 0.156 e. The molecule has 0 atom stereocenters. The highest BCUT2D eigenvalue weighted by Gasteiger charge is 2.05. The van der Waals surface area contributed by atoms with Crippen molar-refractivity contribution in [1.82, 2.24) is 9.97 Å². The fourth-order valence-electron chi connectivity index (χ4n) is 1.51. The molecule has 0 spiro atoms. The van der Waals surface area contributed by atoms with Crippen molar-refractivity contribution < 1.29 is 4.74 Å². The van der Waals surface area contributed by atoms with Gasteiger partial charge in [0, 0.05) is 23.4 Å². The molecule has 106 valence electrons. The average molecular weight is 329 g/mol. The first-order valence-electron chi connectivity index (χ1n) is 6.16. The van der Waals surface area contributed by atoms with Crippen molar-refractivity contribution >= 4 is 35.0 Å². The standard InChI is InChI=1S/C14H14Cl2N2OS/c1-2-19-8-13-17-12(16)7-14(18-13)20-9-10-3-5-11(15)6-4-10/h3-7H,2,8-9H2,1H3. The molecular formula is C14H14Cl2N2OS. The van der Waals surface area contributed by atoms with Gasteiger partial charge in [0.05, 0.1) is 0 Å². The smallest absolute Gasteiger partial charge is 0.156 e. The second kappa shape index (κ2) is 7.84. The third kappa shape index (κ3) is 4.94. The number of ether oxygens (including phenoxy) is 1. The Balaban J connectivity index is 2.01. The summed E-state index contributed by atoms with van der Waals surface area (Å²) in [4.78, 5) is 8.56. The molecule has 0 aliphatic carbocycles. The summed E-state index contributed by atoms with van der Waals surface area (Å²) < 4.78 is 5.30. The van der Waals surface area contributed by atoms with Crippen LogP contribution in [0, 0.1) is 0 Å². The third-order valence-electron chi connectivity index (χ3n) is 2.45. The number of hydrogen-bond acceptors (Lipinski definition) is 4. The lowest BCUT2D eigenvalue weighted by atomic mass is 10.2. The molecule has 2 rings (SSSR count). The second-order valence-electron chi connectivity index (χ2n) is 4.00. The van der Waals surface area contributed by atoms with E-state index in [4.69, 9.17) is 27.9 Å². The van der Waals surface area contributed by atoms with E-state index in [2.05, 4.69) is 9.97 Å². The van der Waals surface area contributed by atoms with Crippen molar-refractivity contribution in [2.24, 2.45) is 0 Å². The van der Waals surface area contributed by atoms with Gasteiger partial charge in [-0.05, 0) is 24.6 Å². The van der Waals surface area contributed by atoms with Crippen LogP contribution in [-0.4, -0.2) is 16.6 Å².